The fraction of sp³-hybridized carbons (Fsp3) is 0.600. The van der Waals surface area contributed by atoms with Crippen molar-refractivity contribution in [2.45, 2.75) is 25.7 Å². The van der Waals surface area contributed by atoms with E-state index in [0.29, 0.717) is 6.61 Å². The standard InChI is InChI=1S/C15H23NO2/c1-18-14-6-3-2-5-13(14)7-10-16-11-15(12-17)8-4-9-15/h2-3,5-6,16-17H,4,7-12H2,1H3. The molecule has 0 atom stereocenters. The number of hydrogen-bond acceptors (Lipinski definition) is 3. The summed E-state index contributed by atoms with van der Waals surface area (Å²) in [6.07, 6.45) is 4.54. The van der Waals surface area contributed by atoms with Gasteiger partial charge in [-0.15, -0.1) is 0 Å². The van der Waals surface area contributed by atoms with E-state index in [9.17, 15) is 5.11 Å². The first-order chi connectivity index (χ1) is 8.79. The number of aliphatic hydroxyl groups excluding tert-OH is 1. The zero-order chi connectivity index (χ0) is 12.8. The molecule has 18 heavy (non-hydrogen) atoms. The molecule has 0 aromatic heterocycles. The fourth-order valence-corrected chi connectivity index (χ4v) is 2.55. The molecule has 0 spiro atoms. The van der Waals surface area contributed by atoms with E-state index in [4.69, 9.17) is 4.74 Å². The van der Waals surface area contributed by atoms with Gasteiger partial charge in [-0.25, -0.2) is 0 Å². The van der Waals surface area contributed by atoms with Crippen LogP contribution in [0.1, 0.15) is 24.8 Å². The van der Waals surface area contributed by atoms with Gasteiger partial charge in [0.1, 0.15) is 5.75 Å². The lowest BCUT2D eigenvalue weighted by molar-refractivity contribution is 0.0450. The molecule has 0 saturated heterocycles. The van der Waals surface area contributed by atoms with Crippen molar-refractivity contribution in [2.24, 2.45) is 5.41 Å². The Kier molecular flexibility index (Phi) is 4.61. The first kappa shape index (κ1) is 13.4. The molecule has 0 unspecified atom stereocenters. The third-order valence-electron chi connectivity index (χ3n) is 4.01. The van der Waals surface area contributed by atoms with Gasteiger partial charge in [-0.3, -0.25) is 0 Å². The van der Waals surface area contributed by atoms with Gasteiger partial charge in [0.15, 0.2) is 0 Å². The molecule has 100 valence electrons. The van der Waals surface area contributed by atoms with Crippen molar-refractivity contribution >= 4 is 0 Å². The first-order valence-electron chi connectivity index (χ1n) is 6.73. The van der Waals surface area contributed by atoms with Crippen LogP contribution in [0.4, 0.5) is 0 Å². The minimum Gasteiger partial charge on any atom is -0.496 e. The first-order valence-corrected chi connectivity index (χ1v) is 6.73. The van der Waals surface area contributed by atoms with Crippen LogP contribution in [0.5, 0.6) is 5.75 Å². The number of rotatable bonds is 7. The van der Waals surface area contributed by atoms with Crippen LogP contribution in [-0.4, -0.2) is 31.9 Å². The molecule has 0 aliphatic heterocycles. The predicted molar refractivity (Wildman–Crippen MR) is 72.9 cm³/mol. The van der Waals surface area contributed by atoms with Gasteiger partial charge in [-0.05, 0) is 37.4 Å². The second kappa shape index (κ2) is 6.21. The summed E-state index contributed by atoms with van der Waals surface area (Å²) >= 11 is 0. The van der Waals surface area contributed by atoms with E-state index in [0.717, 1.165) is 38.1 Å². The number of aliphatic hydroxyl groups is 1. The largest absolute Gasteiger partial charge is 0.496 e. The molecular weight excluding hydrogens is 226 g/mol. The third-order valence-corrected chi connectivity index (χ3v) is 4.01. The molecule has 2 rings (SSSR count). The molecular formula is C15H23NO2. The Morgan fingerprint density at radius 1 is 1.33 bits per heavy atom. The highest BCUT2D eigenvalue weighted by molar-refractivity contribution is 5.33. The van der Waals surface area contributed by atoms with Crippen LogP contribution in [0.2, 0.25) is 0 Å². The van der Waals surface area contributed by atoms with Gasteiger partial charge >= 0.3 is 0 Å². The van der Waals surface area contributed by atoms with E-state index in [1.807, 2.05) is 18.2 Å². The highest BCUT2D eigenvalue weighted by Crippen LogP contribution is 2.39. The lowest BCUT2D eigenvalue weighted by Crippen LogP contribution is -2.43. The van der Waals surface area contributed by atoms with Gasteiger partial charge in [-0.1, -0.05) is 24.6 Å². The molecule has 1 saturated carbocycles. The van der Waals surface area contributed by atoms with E-state index in [-0.39, 0.29) is 5.41 Å². The van der Waals surface area contributed by atoms with Crippen LogP contribution in [0.3, 0.4) is 0 Å². The number of benzene rings is 1. The fourth-order valence-electron chi connectivity index (χ4n) is 2.55. The number of ether oxygens (including phenoxy) is 1. The highest BCUT2D eigenvalue weighted by atomic mass is 16.5. The SMILES string of the molecule is COc1ccccc1CCNCC1(CO)CCC1. The van der Waals surface area contributed by atoms with Gasteiger partial charge < -0.3 is 15.2 Å². The van der Waals surface area contributed by atoms with Crippen molar-refractivity contribution in [3.63, 3.8) is 0 Å². The second-order valence-corrected chi connectivity index (χ2v) is 5.25. The maximum atomic E-state index is 9.38. The van der Waals surface area contributed by atoms with Crippen molar-refractivity contribution in [3.8, 4) is 5.75 Å². The third kappa shape index (κ3) is 3.03. The summed E-state index contributed by atoms with van der Waals surface area (Å²) in [5, 5.41) is 12.8. The number of nitrogens with one attached hydrogen (secondary N) is 1. The highest BCUT2D eigenvalue weighted by Gasteiger charge is 2.35. The van der Waals surface area contributed by atoms with Gasteiger partial charge in [0, 0.05) is 18.6 Å². The van der Waals surface area contributed by atoms with Crippen molar-refractivity contribution in [2.75, 3.05) is 26.8 Å². The zero-order valence-corrected chi connectivity index (χ0v) is 11.1. The van der Waals surface area contributed by atoms with Crippen molar-refractivity contribution in [1.29, 1.82) is 0 Å². The van der Waals surface area contributed by atoms with Crippen LogP contribution in [0.25, 0.3) is 0 Å². The Morgan fingerprint density at radius 2 is 2.11 bits per heavy atom. The Bertz CT molecular complexity index is 369. The summed E-state index contributed by atoms with van der Waals surface area (Å²) in [4.78, 5) is 0. The Hall–Kier alpha value is -1.06. The smallest absolute Gasteiger partial charge is 0.122 e. The maximum Gasteiger partial charge on any atom is 0.122 e. The molecule has 1 aliphatic rings. The Balaban J connectivity index is 1.75. The summed E-state index contributed by atoms with van der Waals surface area (Å²) in [7, 11) is 1.71. The topological polar surface area (TPSA) is 41.5 Å². The Morgan fingerprint density at radius 3 is 2.72 bits per heavy atom. The van der Waals surface area contributed by atoms with E-state index < -0.39 is 0 Å². The van der Waals surface area contributed by atoms with Crippen molar-refractivity contribution in [3.05, 3.63) is 29.8 Å². The maximum absolute atomic E-state index is 9.38. The molecule has 0 bridgehead atoms. The van der Waals surface area contributed by atoms with Gasteiger partial charge in [0.05, 0.1) is 7.11 Å². The quantitative estimate of drug-likeness (QED) is 0.726. The number of hydrogen-bond donors (Lipinski definition) is 2. The molecule has 3 heteroatoms. The molecule has 0 amide bonds. The molecule has 0 radical (unpaired) electrons. The van der Waals surface area contributed by atoms with Crippen LogP contribution in [-0.2, 0) is 6.42 Å². The molecule has 3 nitrogen and oxygen atoms in total. The monoisotopic (exact) mass is 249 g/mol. The Labute approximate surface area is 109 Å². The van der Waals surface area contributed by atoms with E-state index in [1.165, 1.54) is 12.0 Å². The molecule has 1 aromatic carbocycles. The lowest BCUT2D eigenvalue weighted by Gasteiger charge is -2.40. The summed E-state index contributed by atoms with van der Waals surface area (Å²) in [6.45, 7) is 2.18. The summed E-state index contributed by atoms with van der Waals surface area (Å²) in [5.74, 6) is 0.958. The van der Waals surface area contributed by atoms with Crippen LogP contribution in [0, 0.1) is 5.41 Å². The average molecular weight is 249 g/mol. The minimum absolute atomic E-state index is 0.167. The summed E-state index contributed by atoms with van der Waals surface area (Å²) < 4.78 is 5.33. The van der Waals surface area contributed by atoms with Gasteiger partial charge in [-0.2, -0.15) is 0 Å². The molecule has 1 aliphatic carbocycles. The summed E-state index contributed by atoms with van der Waals surface area (Å²) in [6, 6.07) is 8.13. The lowest BCUT2D eigenvalue weighted by atomic mass is 9.69. The predicted octanol–water partition coefficient (Wildman–Crippen LogP) is 1.99. The molecule has 1 aromatic rings. The molecule has 2 N–H and O–H groups in total. The van der Waals surface area contributed by atoms with E-state index >= 15 is 0 Å². The number of methoxy groups -OCH3 is 1. The van der Waals surface area contributed by atoms with Gasteiger partial charge in [0.2, 0.25) is 0 Å². The van der Waals surface area contributed by atoms with Crippen molar-refractivity contribution in [1.82, 2.24) is 5.32 Å². The van der Waals surface area contributed by atoms with Crippen LogP contribution >= 0.6 is 0 Å². The molecule has 1 fully saturated rings. The van der Waals surface area contributed by atoms with E-state index in [1.54, 1.807) is 7.11 Å². The summed E-state index contributed by atoms with van der Waals surface area (Å²) in [5.41, 5.74) is 1.40. The van der Waals surface area contributed by atoms with Gasteiger partial charge in [0.25, 0.3) is 0 Å². The normalized spacial score (nSPS) is 17.2. The average Bonchev–Trinajstić information content (AvgIpc) is 2.37. The number of para-hydroxylation sites is 1. The zero-order valence-electron chi connectivity index (χ0n) is 11.1. The van der Waals surface area contributed by atoms with Crippen molar-refractivity contribution < 1.29 is 9.84 Å². The second-order valence-electron chi connectivity index (χ2n) is 5.25. The van der Waals surface area contributed by atoms with Crippen LogP contribution < -0.4 is 10.1 Å². The van der Waals surface area contributed by atoms with Crippen LogP contribution in [0.15, 0.2) is 24.3 Å². The van der Waals surface area contributed by atoms with E-state index in [2.05, 4.69) is 11.4 Å². The minimum atomic E-state index is 0.167. The molecule has 0 heterocycles.